The van der Waals surface area contributed by atoms with Gasteiger partial charge in [-0.25, -0.2) is 4.98 Å². The largest absolute Gasteiger partial charge is 0.328 e. The van der Waals surface area contributed by atoms with Crippen LogP contribution in [-0.2, 0) is 13.0 Å². The fraction of sp³-hybridized carbons (Fsp3) is 0.565. The number of fused-ring (bicyclic) bond motifs is 1. The number of piperidine rings is 1. The van der Waals surface area contributed by atoms with Crippen molar-refractivity contribution < 1.29 is 4.79 Å². The second-order valence-electron chi connectivity index (χ2n) is 8.79. The molecule has 0 unspecified atom stereocenters. The summed E-state index contributed by atoms with van der Waals surface area (Å²) in [6, 6.07) is 4.01. The van der Waals surface area contributed by atoms with Crippen LogP contribution in [0.5, 0.6) is 0 Å². The van der Waals surface area contributed by atoms with Crippen LogP contribution in [-0.4, -0.2) is 49.8 Å². The van der Waals surface area contributed by atoms with E-state index in [0.29, 0.717) is 24.0 Å². The topological polar surface area (TPSA) is 82.2 Å². The molecule has 0 bridgehead atoms. The summed E-state index contributed by atoms with van der Waals surface area (Å²) in [5.41, 5.74) is 2.29. The second-order valence-corrected chi connectivity index (χ2v) is 8.79. The number of nitrogens with one attached hydrogen (secondary N) is 1. The number of rotatable bonds is 3. The Morgan fingerprint density at radius 2 is 1.93 bits per heavy atom. The van der Waals surface area contributed by atoms with Gasteiger partial charge in [0.2, 0.25) is 0 Å². The van der Waals surface area contributed by atoms with Crippen LogP contribution < -0.4 is 5.56 Å². The molecule has 2 aromatic rings. The first-order chi connectivity index (χ1) is 14.7. The van der Waals surface area contributed by atoms with E-state index in [4.69, 9.17) is 4.98 Å². The Labute approximate surface area is 176 Å². The number of carbonyl (C=O) groups excluding carboxylic acids is 1. The number of H-pyrrole nitrogens is 1. The average molecular weight is 408 g/mol. The summed E-state index contributed by atoms with van der Waals surface area (Å²) in [6.45, 7) is 2.37. The normalized spacial score (nSPS) is 22.8. The molecule has 0 spiro atoms. The molecule has 30 heavy (non-hydrogen) atoms. The number of amides is 1. The molecule has 7 nitrogen and oxygen atoms in total. The Hall–Kier alpha value is -2.54. The van der Waals surface area contributed by atoms with E-state index in [0.717, 1.165) is 50.0 Å². The van der Waals surface area contributed by atoms with Crippen molar-refractivity contribution in [2.24, 2.45) is 0 Å². The van der Waals surface area contributed by atoms with Crippen molar-refractivity contribution in [1.82, 2.24) is 24.8 Å². The van der Waals surface area contributed by atoms with Crippen molar-refractivity contribution in [2.45, 2.75) is 70.0 Å². The van der Waals surface area contributed by atoms with E-state index >= 15 is 0 Å². The van der Waals surface area contributed by atoms with Gasteiger partial charge in [0.25, 0.3) is 11.5 Å². The summed E-state index contributed by atoms with van der Waals surface area (Å²) in [4.78, 5) is 42.4. The first-order valence-electron chi connectivity index (χ1n) is 11.3. The van der Waals surface area contributed by atoms with Gasteiger partial charge >= 0.3 is 0 Å². The lowest BCUT2D eigenvalue weighted by Gasteiger charge is -2.36. The van der Waals surface area contributed by atoms with Crippen molar-refractivity contribution >= 4 is 5.91 Å². The molecule has 1 atom stereocenters. The summed E-state index contributed by atoms with van der Waals surface area (Å²) in [7, 11) is 0. The molecule has 7 heteroatoms. The van der Waals surface area contributed by atoms with Crippen LogP contribution >= 0.6 is 0 Å². The van der Waals surface area contributed by atoms with Crippen molar-refractivity contribution in [3.63, 3.8) is 0 Å². The molecule has 2 aliphatic heterocycles. The molecule has 3 aliphatic rings. The van der Waals surface area contributed by atoms with Gasteiger partial charge in [0.15, 0.2) is 0 Å². The molecule has 1 aliphatic carbocycles. The SMILES string of the molecule is O=C(c1cccnc1)N1CCCC[C@@H]1c1nc2c(c(=O)[nH]1)CCN(C1CCCC1)C2. The standard InChI is InChI=1S/C23H29N5O2/c29-22-18-10-13-27(17-7-1-2-8-17)15-19(18)25-21(26-22)20-9-3-4-12-28(20)23(30)16-6-5-11-24-14-16/h5-6,11,14,17,20H,1-4,7-10,12-13,15H2,(H,25,26,29)/t20-/m1/s1. The molecule has 1 saturated carbocycles. The minimum absolute atomic E-state index is 0.0274. The van der Waals surface area contributed by atoms with Crippen LogP contribution in [0.25, 0.3) is 0 Å². The fourth-order valence-corrected chi connectivity index (χ4v) is 5.33. The molecular formula is C23H29N5O2. The minimum Gasteiger partial charge on any atom is -0.328 e. The predicted molar refractivity (Wildman–Crippen MR) is 113 cm³/mol. The Bertz CT molecular complexity index is 967. The number of hydrogen-bond acceptors (Lipinski definition) is 5. The number of carbonyl (C=O) groups is 1. The second kappa shape index (κ2) is 8.30. The van der Waals surface area contributed by atoms with Gasteiger partial charge in [0, 0.05) is 43.6 Å². The molecule has 1 saturated heterocycles. The zero-order chi connectivity index (χ0) is 20.5. The van der Waals surface area contributed by atoms with E-state index in [1.165, 1.54) is 25.7 Å². The lowest BCUT2D eigenvalue weighted by molar-refractivity contribution is 0.0597. The molecule has 158 valence electrons. The van der Waals surface area contributed by atoms with Gasteiger partial charge in [0.1, 0.15) is 5.82 Å². The summed E-state index contributed by atoms with van der Waals surface area (Å²) in [5.74, 6) is 0.602. The molecule has 4 heterocycles. The Kier molecular flexibility index (Phi) is 5.37. The highest BCUT2D eigenvalue weighted by Gasteiger charge is 2.33. The van der Waals surface area contributed by atoms with Crippen LogP contribution in [0.3, 0.4) is 0 Å². The van der Waals surface area contributed by atoms with Gasteiger partial charge in [-0.15, -0.1) is 0 Å². The fourth-order valence-electron chi connectivity index (χ4n) is 5.33. The van der Waals surface area contributed by atoms with Crippen LogP contribution in [0.15, 0.2) is 29.3 Å². The highest BCUT2D eigenvalue weighted by molar-refractivity contribution is 5.94. The number of nitrogens with zero attached hydrogens (tertiary/aromatic N) is 4. The maximum Gasteiger partial charge on any atom is 0.256 e. The summed E-state index contributed by atoms with van der Waals surface area (Å²) < 4.78 is 0. The van der Waals surface area contributed by atoms with Crippen LogP contribution in [0.2, 0.25) is 0 Å². The van der Waals surface area contributed by atoms with Gasteiger partial charge in [0.05, 0.1) is 17.3 Å². The maximum atomic E-state index is 13.1. The minimum atomic E-state index is -0.189. The summed E-state index contributed by atoms with van der Waals surface area (Å²) in [5, 5.41) is 0. The first kappa shape index (κ1) is 19.4. The van der Waals surface area contributed by atoms with Crippen molar-refractivity contribution in [3.05, 3.63) is 57.5 Å². The quantitative estimate of drug-likeness (QED) is 0.846. The highest BCUT2D eigenvalue weighted by Crippen LogP contribution is 2.31. The van der Waals surface area contributed by atoms with Gasteiger partial charge < -0.3 is 9.88 Å². The number of aromatic nitrogens is 3. The zero-order valence-corrected chi connectivity index (χ0v) is 17.3. The first-order valence-corrected chi connectivity index (χ1v) is 11.3. The zero-order valence-electron chi connectivity index (χ0n) is 17.3. The molecule has 1 amide bonds. The van der Waals surface area contributed by atoms with E-state index in [1.54, 1.807) is 24.5 Å². The lowest BCUT2D eigenvalue weighted by Crippen LogP contribution is -2.43. The molecule has 0 aromatic carbocycles. The third kappa shape index (κ3) is 3.67. The van der Waals surface area contributed by atoms with Gasteiger partial charge in [-0.05, 0) is 50.7 Å². The Morgan fingerprint density at radius 3 is 2.73 bits per heavy atom. The van der Waals surface area contributed by atoms with E-state index in [-0.39, 0.29) is 17.5 Å². The van der Waals surface area contributed by atoms with Crippen LogP contribution in [0.4, 0.5) is 0 Å². The third-order valence-electron chi connectivity index (χ3n) is 6.95. The van der Waals surface area contributed by atoms with Gasteiger partial charge in [-0.1, -0.05) is 12.8 Å². The maximum absolute atomic E-state index is 13.1. The molecule has 5 rings (SSSR count). The van der Waals surface area contributed by atoms with Gasteiger partial charge in [-0.3, -0.25) is 19.5 Å². The van der Waals surface area contributed by atoms with E-state index in [9.17, 15) is 9.59 Å². The number of likely N-dealkylation sites (tertiary alicyclic amines) is 1. The van der Waals surface area contributed by atoms with E-state index in [2.05, 4.69) is 14.9 Å². The Balaban J connectivity index is 1.44. The number of aromatic amines is 1. The molecule has 2 fully saturated rings. The van der Waals surface area contributed by atoms with Crippen molar-refractivity contribution in [3.8, 4) is 0 Å². The molecular weight excluding hydrogens is 378 g/mol. The van der Waals surface area contributed by atoms with Crippen molar-refractivity contribution in [1.29, 1.82) is 0 Å². The van der Waals surface area contributed by atoms with E-state index < -0.39 is 0 Å². The Morgan fingerprint density at radius 1 is 1.10 bits per heavy atom. The van der Waals surface area contributed by atoms with Crippen molar-refractivity contribution in [2.75, 3.05) is 13.1 Å². The summed E-state index contributed by atoms with van der Waals surface area (Å²) >= 11 is 0. The van der Waals surface area contributed by atoms with E-state index in [1.807, 2.05) is 4.90 Å². The molecule has 0 radical (unpaired) electrons. The predicted octanol–water partition coefficient (Wildman–Crippen LogP) is 2.83. The summed E-state index contributed by atoms with van der Waals surface area (Å²) in [6.07, 6.45) is 12.0. The van der Waals surface area contributed by atoms with Crippen LogP contribution in [0, 0.1) is 0 Å². The molecule has 2 aromatic heterocycles. The lowest BCUT2D eigenvalue weighted by atomic mass is 9.99. The highest BCUT2D eigenvalue weighted by atomic mass is 16.2. The number of pyridine rings is 1. The molecule has 1 N–H and O–H groups in total. The van der Waals surface area contributed by atoms with Crippen LogP contribution in [0.1, 0.15) is 78.4 Å². The average Bonchev–Trinajstić information content (AvgIpc) is 3.34. The third-order valence-corrected chi connectivity index (χ3v) is 6.95. The monoisotopic (exact) mass is 407 g/mol. The van der Waals surface area contributed by atoms with Gasteiger partial charge in [-0.2, -0.15) is 0 Å². The smallest absolute Gasteiger partial charge is 0.256 e. The number of hydrogen-bond donors (Lipinski definition) is 1.